The lowest BCUT2D eigenvalue weighted by molar-refractivity contribution is -0.132. The molecule has 25 heavy (non-hydrogen) atoms. The summed E-state index contributed by atoms with van der Waals surface area (Å²) in [5, 5.41) is 0.557. The van der Waals surface area contributed by atoms with Gasteiger partial charge in [0.2, 0.25) is 5.91 Å². The first-order valence-electron chi connectivity index (χ1n) is 8.41. The Balaban J connectivity index is 1.94. The van der Waals surface area contributed by atoms with Crippen LogP contribution in [0.15, 0.2) is 64.0 Å². The second-order valence-corrected chi connectivity index (χ2v) is 6.18. The molecule has 3 rings (SSSR count). The highest BCUT2D eigenvalue weighted by Gasteiger charge is 2.16. The number of fused-ring (bicyclic) bond motifs is 1. The lowest BCUT2D eigenvalue weighted by Gasteiger charge is -2.22. The van der Waals surface area contributed by atoms with Crippen LogP contribution in [0, 0.1) is 6.92 Å². The Morgan fingerprint density at radius 3 is 2.56 bits per heavy atom. The van der Waals surface area contributed by atoms with Gasteiger partial charge in [-0.15, -0.1) is 0 Å². The van der Waals surface area contributed by atoms with Crippen LogP contribution >= 0.6 is 0 Å². The van der Waals surface area contributed by atoms with Crippen molar-refractivity contribution in [1.29, 1.82) is 0 Å². The average Bonchev–Trinajstić information content (AvgIpc) is 2.64. The van der Waals surface area contributed by atoms with Crippen molar-refractivity contribution in [1.82, 2.24) is 4.90 Å². The number of nitrogens with zero attached hydrogens (tertiary/aromatic N) is 1. The van der Waals surface area contributed by atoms with E-state index in [9.17, 15) is 9.59 Å². The smallest absolute Gasteiger partial charge is 0.222 e. The van der Waals surface area contributed by atoms with Crippen molar-refractivity contribution in [2.75, 3.05) is 0 Å². The summed E-state index contributed by atoms with van der Waals surface area (Å²) < 4.78 is 5.61. The first kappa shape index (κ1) is 17.0. The third-order valence-electron chi connectivity index (χ3n) is 4.23. The number of carbonyl (C=O) groups is 1. The Kier molecular flexibility index (Phi) is 4.98. The molecule has 0 N–H and O–H groups in total. The number of aryl methyl sites for hydroxylation is 1. The molecule has 2 aromatic carbocycles. The molecule has 0 aliphatic carbocycles. The van der Waals surface area contributed by atoms with E-state index in [2.05, 4.69) is 0 Å². The Hall–Kier alpha value is -2.88. The van der Waals surface area contributed by atoms with Gasteiger partial charge < -0.3 is 9.32 Å². The van der Waals surface area contributed by atoms with E-state index >= 15 is 0 Å². The zero-order chi connectivity index (χ0) is 17.8. The zero-order valence-electron chi connectivity index (χ0n) is 14.5. The molecule has 1 amide bonds. The quantitative estimate of drug-likeness (QED) is 0.707. The van der Waals surface area contributed by atoms with Crippen LogP contribution in [0.5, 0.6) is 0 Å². The molecule has 0 aliphatic heterocycles. The van der Waals surface area contributed by atoms with Gasteiger partial charge in [0.1, 0.15) is 5.58 Å². The van der Waals surface area contributed by atoms with Crippen molar-refractivity contribution in [2.24, 2.45) is 0 Å². The van der Waals surface area contributed by atoms with E-state index in [1.165, 1.54) is 6.26 Å². The monoisotopic (exact) mass is 335 g/mol. The predicted octanol–water partition coefficient (Wildman–Crippen LogP) is 4.04. The second-order valence-electron chi connectivity index (χ2n) is 6.18. The molecular formula is C21H21NO3. The third-order valence-corrected chi connectivity index (χ3v) is 4.23. The van der Waals surface area contributed by atoms with Crippen molar-refractivity contribution >= 4 is 16.9 Å². The van der Waals surface area contributed by atoms with E-state index in [1.54, 1.807) is 11.0 Å². The molecule has 0 saturated heterocycles. The van der Waals surface area contributed by atoms with Gasteiger partial charge in [0.15, 0.2) is 5.43 Å². The Morgan fingerprint density at radius 1 is 1.08 bits per heavy atom. The lowest BCUT2D eigenvalue weighted by Crippen LogP contribution is -2.31. The minimum atomic E-state index is -0.0769. The summed E-state index contributed by atoms with van der Waals surface area (Å²) in [5.41, 5.74) is 3.02. The lowest BCUT2D eigenvalue weighted by atomic mass is 10.1. The Labute approximate surface area is 146 Å². The Morgan fingerprint density at radius 2 is 1.84 bits per heavy atom. The molecule has 0 bridgehead atoms. The van der Waals surface area contributed by atoms with Gasteiger partial charge in [-0.3, -0.25) is 9.59 Å². The molecule has 128 valence electrons. The maximum atomic E-state index is 12.8. The van der Waals surface area contributed by atoms with Crippen LogP contribution in [0.25, 0.3) is 11.0 Å². The van der Waals surface area contributed by atoms with Crippen molar-refractivity contribution in [3.63, 3.8) is 0 Å². The summed E-state index contributed by atoms with van der Waals surface area (Å²) in [7, 11) is 0. The number of amides is 1. The van der Waals surface area contributed by atoms with E-state index in [0.717, 1.165) is 11.1 Å². The number of benzene rings is 2. The number of rotatable bonds is 5. The summed E-state index contributed by atoms with van der Waals surface area (Å²) in [6.45, 7) is 4.48. The summed E-state index contributed by atoms with van der Waals surface area (Å²) in [4.78, 5) is 26.8. The number of hydrogen-bond acceptors (Lipinski definition) is 3. The molecule has 1 heterocycles. The molecular weight excluding hydrogens is 314 g/mol. The molecule has 0 saturated carbocycles. The molecule has 0 fully saturated rings. The largest absolute Gasteiger partial charge is 0.464 e. The van der Waals surface area contributed by atoms with Gasteiger partial charge in [-0.05, 0) is 24.6 Å². The fourth-order valence-electron chi connectivity index (χ4n) is 2.86. The van der Waals surface area contributed by atoms with Gasteiger partial charge in [-0.25, -0.2) is 0 Å². The Bertz CT molecular complexity index is 944. The topological polar surface area (TPSA) is 50.5 Å². The summed E-state index contributed by atoms with van der Waals surface area (Å²) in [6, 6.07) is 15.3. The second kappa shape index (κ2) is 7.34. The highest BCUT2D eigenvalue weighted by molar-refractivity contribution is 5.78. The minimum absolute atomic E-state index is 0.00703. The van der Waals surface area contributed by atoms with Gasteiger partial charge in [-0.1, -0.05) is 48.9 Å². The first-order valence-corrected chi connectivity index (χ1v) is 8.41. The standard InChI is InChI=1S/C21H21NO3/c1-3-20(23)22(12-16-7-5-4-6-8-16)13-17-14-25-19-10-9-15(2)11-18(19)21(17)24/h4-11,14H,3,12-13H2,1-2H3. The molecule has 0 spiro atoms. The zero-order valence-corrected chi connectivity index (χ0v) is 14.5. The molecule has 0 atom stereocenters. The van der Waals surface area contributed by atoms with Gasteiger partial charge in [0.25, 0.3) is 0 Å². The minimum Gasteiger partial charge on any atom is -0.464 e. The fourth-order valence-corrected chi connectivity index (χ4v) is 2.86. The molecule has 0 radical (unpaired) electrons. The molecule has 1 aromatic heterocycles. The fraction of sp³-hybridized carbons (Fsp3) is 0.238. The van der Waals surface area contributed by atoms with E-state index in [1.807, 2.05) is 56.3 Å². The molecule has 4 nitrogen and oxygen atoms in total. The average molecular weight is 335 g/mol. The van der Waals surface area contributed by atoms with Gasteiger partial charge in [0, 0.05) is 13.0 Å². The summed E-state index contributed by atoms with van der Waals surface area (Å²) in [6.07, 6.45) is 1.87. The van der Waals surface area contributed by atoms with Crippen molar-refractivity contribution in [2.45, 2.75) is 33.4 Å². The van der Waals surface area contributed by atoms with E-state index in [0.29, 0.717) is 29.5 Å². The molecule has 0 aliphatic rings. The first-order chi connectivity index (χ1) is 12.1. The van der Waals surface area contributed by atoms with Crippen LogP contribution in [-0.4, -0.2) is 10.8 Å². The van der Waals surface area contributed by atoms with Gasteiger partial charge in [0.05, 0.1) is 23.8 Å². The highest BCUT2D eigenvalue weighted by atomic mass is 16.3. The van der Waals surface area contributed by atoms with Crippen molar-refractivity contribution in [3.8, 4) is 0 Å². The molecule has 0 unspecified atom stereocenters. The van der Waals surface area contributed by atoms with Crippen molar-refractivity contribution in [3.05, 3.63) is 81.7 Å². The van der Waals surface area contributed by atoms with Crippen LogP contribution in [0.3, 0.4) is 0 Å². The van der Waals surface area contributed by atoms with E-state index in [4.69, 9.17) is 4.42 Å². The van der Waals surface area contributed by atoms with Gasteiger partial charge in [-0.2, -0.15) is 0 Å². The third kappa shape index (κ3) is 3.79. The van der Waals surface area contributed by atoms with Crippen LogP contribution in [0.4, 0.5) is 0 Å². The van der Waals surface area contributed by atoms with Crippen LogP contribution in [0.1, 0.15) is 30.0 Å². The maximum Gasteiger partial charge on any atom is 0.222 e. The highest BCUT2D eigenvalue weighted by Crippen LogP contribution is 2.15. The van der Waals surface area contributed by atoms with Crippen LogP contribution in [-0.2, 0) is 17.9 Å². The SMILES string of the molecule is CCC(=O)N(Cc1ccccc1)Cc1coc2ccc(C)cc2c1=O. The molecule has 4 heteroatoms. The van der Waals surface area contributed by atoms with Crippen LogP contribution < -0.4 is 5.43 Å². The predicted molar refractivity (Wildman–Crippen MR) is 98.2 cm³/mol. The van der Waals surface area contributed by atoms with E-state index in [-0.39, 0.29) is 17.9 Å². The normalized spacial score (nSPS) is 10.8. The van der Waals surface area contributed by atoms with Gasteiger partial charge >= 0.3 is 0 Å². The maximum absolute atomic E-state index is 12.8. The van der Waals surface area contributed by atoms with Crippen molar-refractivity contribution < 1.29 is 9.21 Å². The number of carbonyl (C=O) groups excluding carboxylic acids is 1. The summed E-state index contributed by atoms with van der Waals surface area (Å²) >= 11 is 0. The van der Waals surface area contributed by atoms with E-state index < -0.39 is 0 Å². The van der Waals surface area contributed by atoms with Crippen LogP contribution in [0.2, 0.25) is 0 Å². The number of hydrogen-bond donors (Lipinski definition) is 0. The molecule has 3 aromatic rings. The summed E-state index contributed by atoms with van der Waals surface area (Å²) in [5.74, 6) is 0.00703.